The molecule has 0 rings (SSSR count). The van der Waals surface area contributed by atoms with Gasteiger partial charge in [-0.25, -0.2) is 0 Å². The molecule has 0 fully saturated rings. The molecule has 0 atom stereocenters. The third-order valence-electron chi connectivity index (χ3n) is 1.23. The Labute approximate surface area is 68.3 Å². The molecule has 0 aliphatic heterocycles. The number of carbonyl (C=O) groups is 1. The highest BCUT2D eigenvalue weighted by Gasteiger charge is 1.98. The van der Waals surface area contributed by atoms with Crippen molar-refractivity contribution in [3.05, 3.63) is 13.3 Å². The highest BCUT2D eigenvalue weighted by atomic mass is 16.1. The third-order valence-corrected chi connectivity index (χ3v) is 1.23. The van der Waals surface area contributed by atoms with Crippen molar-refractivity contribution in [3.63, 3.8) is 0 Å². The Morgan fingerprint density at radius 1 is 1.64 bits per heavy atom. The summed E-state index contributed by atoms with van der Waals surface area (Å²) in [6.45, 7) is 4.72. The van der Waals surface area contributed by atoms with E-state index >= 15 is 0 Å². The molecule has 0 aliphatic carbocycles. The third kappa shape index (κ3) is 7.33. The van der Waals surface area contributed by atoms with Crippen molar-refractivity contribution in [1.82, 2.24) is 5.32 Å². The van der Waals surface area contributed by atoms with E-state index in [1.54, 1.807) is 6.42 Å². The van der Waals surface area contributed by atoms with Crippen LogP contribution in [0.3, 0.4) is 0 Å². The van der Waals surface area contributed by atoms with Gasteiger partial charge >= 0.3 is 0 Å². The lowest BCUT2D eigenvalue weighted by atomic mass is 10.2. The number of rotatable bonds is 6. The van der Waals surface area contributed by atoms with E-state index in [1.807, 2.05) is 0 Å². The number of amides is 1. The second-order valence-corrected chi connectivity index (χ2v) is 2.28. The van der Waals surface area contributed by atoms with Crippen LogP contribution in [0, 0.1) is 13.3 Å². The van der Waals surface area contributed by atoms with Gasteiger partial charge in [-0.3, -0.25) is 4.79 Å². The second-order valence-electron chi connectivity index (χ2n) is 2.28. The number of hydrogen-bond acceptors (Lipinski definition) is 2. The van der Waals surface area contributed by atoms with Crippen molar-refractivity contribution >= 4 is 5.91 Å². The van der Waals surface area contributed by atoms with E-state index in [0.29, 0.717) is 13.1 Å². The molecule has 11 heavy (non-hydrogen) atoms. The minimum atomic E-state index is -0.0242. The van der Waals surface area contributed by atoms with Gasteiger partial charge in [0, 0.05) is 19.5 Å². The number of nitrogens with one attached hydrogen (secondary N) is 1. The molecule has 0 heterocycles. The Balaban J connectivity index is 3.09. The van der Waals surface area contributed by atoms with E-state index in [0.717, 1.165) is 19.3 Å². The molecule has 1 amide bonds. The van der Waals surface area contributed by atoms with Crippen molar-refractivity contribution in [3.8, 4) is 0 Å². The molecule has 0 bridgehead atoms. The molecular formula is C8H16N2O. The summed E-state index contributed by atoms with van der Waals surface area (Å²) in [7, 11) is 0. The molecular weight excluding hydrogens is 140 g/mol. The summed E-state index contributed by atoms with van der Waals surface area (Å²) in [6, 6.07) is 0. The summed E-state index contributed by atoms with van der Waals surface area (Å²) < 4.78 is 0. The molecule has 0 aromatic heterocycles. The van der Waals surface area contributed by atoms with Crippen molar-refractivity contribution in [2.75, 3.05) is 13.1 Å². The topological polar surface area (TPSA) is 55.1 Å². The van der Waals surface area contributed by atoms with Gasteiger partial charge in [0.05, 0.1) is 0 Å². The van der Waals surface area contributed by atoms with Crippen LogP contribution in [-0.4, -0.2) is 19.0 Å². The summed E-state index contributed by atoms with van der Waals surface area (Å²) in [6.07, 6.45) is 4.29. The predicted octanol–water partition coefficient (Wildman–Crippen LogP) is 0.270. The van der Waals surface area contributed by atoms with Gasteiger partial charge in [-0.15, -0.1) is 0 Å². The highest BCUT2D eigenvalue weighted by molar-refractivity contribution is 5.84. The number of carbonyl (C=O) groups excluding carboxylic acids is 1. The van der Waals surface area contributed by atoms with Gasteiger partial charge in [-0.05, 0) is 6.42 Å². The van der Waals surface area contributed by atoms with Gasteiger partial charge in [0.15, 0.2) is 0 Å². The van der Waals surface area contributed by atoms with Crippen LogP contribution < -0.4 is 11.1 Å². The lowest BCUT2D eigenvalue weighted by Gasteiger charge is -2.01. The highest BCUT2D eigenvalue weighted by Crippen LogP contribution is 1.96. The number of nitrogens with two attached hydrogens (primary N) is 1. The van der Waals surface area contributed by atoms with Crippen LogP contribution >= 0.6 is 0 Å². The monoisotopic (exact) mass is 156 g/mol. The molecule has 0 aliphatic rings. The van der Waals surface area contributed by atoms with E-state index in [4.69, 9.17) is 5.73 Å². The molecule has 0 aromatic carbocycles. The van der Waals surface area contributed by atoms with Crippen LogP contribution in [0.2, 0.25) is 0 Å². The zero-order valence-electron chi connectivity index (χ0n) is 6.81. The quantitative estimate of drug-likeness (QED) is 0.542. The van der Waals surface area contributed by atoms with Gasteiger partial charge in [0.1, 0.15) is 0 Å². The maximum Gasteiger partial charge on any atom is 0.223 e. The van der Waals surface area contributed by atoms with E-state index in [9.17, 15) is 4.79 Å². The maximum absolute atomic E-state index is 10.8. The molecule has 0 unspecified atom stereocenters. The summed E-state index contributed by atoms with van der Waals surface area (Å²) in [4.78, 5) is 10.8. The lowest BCUT2D eigenvalue weighted by molar-refractivity contribution is -0.117. The van der Waals surface area contributed by atoms with Gasteiger partial charge in [-0.1, -0.05) is 19.8 Å². The van der Waals surface area contributed by atoms with Crippen LogP contribution in [0.5, 0.6) is 0 Å². The zero-order valence-corrected chi connectivity index (χ0v) is 6.81. The van der Waals surface area contributed by atoms with Crippen LogP contribution in [0.4, 0.5) is 0 Å². The Kier molecular flexibility index (Phi) is 7.15. The molecule has 0 aromatic rings. The minimum Gasteiger partial charge on any atom is -0.355 e. The van der Waals surface area contributed by atoms with E-state index in [2.05, 4.69) is 12.2 Å². The fourth-order valence-corrected chi connectivity index (χ4v) is 0.645. The lowest BCUT2D eigenvalue weighted by Crippen LogP contribution is -2.28. The van der Waals surface area contributed by atoms with E-state index in [1.165, 1.54) is 0 Å². The SMILES string of the molecule is [CH2]CCC[CH]C(=O)NCCN. The maximum atomic E-state index is 10.8. The van der Waals surface area contributed by atoms with Gasteiger partial charge < -0.3 is 11.1 Å². The summed E-state index contributed by atoms with van der Waals surface area (Å²) >= 11 is 0. The van der Waals surface area contributed by atoms with Gasteiger partial charge in [0.2, 0.25) is 5.91 Å². The molecule has 3 nitrogen and oxygen atoms in total. The van der Waals surface area contributed by atoms with E-state index < -0.39 is 0 Å². The van der Waals surface area contributed by atoms with Gasteiger partial charge in [-0.2, -0.15) is 0 Å². The van der Waals surface area contributed by atoms with Gasteiger partial charge in [0.25, 0.3) is 0 Å². The summed E-state index contributed by atoms with van der Waals surface area (Å²) in [5.74, 6) is -0.0242. The first kappa shape index (κ1) is 10.4. The van der Waals surface area contributed by atoms with Crippen LogP contribution in [-0.2, 0) is 4.79 Å². The standard InChI is InChI=1S/C8H16N2O/c1-2-3-4-5-8(11)10-7-6-9/h5H,1-4,6-7,9H2,(H,10,11). The normalized spacial score (nSPS) is 9.64. The Hall–Kier alpha value is -0.570. The molecule has 0 saturated heterocycles. The largest absolute Gasteiger partial charge is 0.355 e. The first-order valence-electron chi connectivity index (χ1n) is 3.91. The Morgan fingerprint density at radius 3 is 2.91 bits per heavy atom. The van der Waals surface area contributed by atoms with Crippen molar-refractivity contribution < 1.29 is 4.79 Å². The Bertz CT molecular complexity index is 104. The fraction of sp³-hybridized carbons (Fsp3) is 0.625. The van der Waals surface area contributed by atoms with Crippen LogP contribution in [0.15, 0.2) is 0 Å². The molecule has 2 radical (unpaired) electrons. The average Bonchev–Trinajstić information content (AvgIpc) is 2.01. The van der Waals surface area contributed by atoms with E-state index in [-0.39, 0.29) is 5.91 Å². The first-order valence-corrected chi connectivity index (χ1v) is 3.91. The minimum absolute atomic E-state index is 0.0242. The van der Waals surface area contributed by atoms with Crippen molar-refractivity contribution in [1.29, 1.82) is 0 Å². The first-order chi connectivity index (χ1) is 5.31. The second kappa shape index (κ2) is 7.54. The summed E-state index contributed by atoms with van der Waals surface area (Å²) in [5, 5.41) is 2.65. The molecule has 0 spiro atoms. The van der Waals surface area contributed by atoms with Crippen LogP contribution in [0.25, 0.3) is 0 Å². The molecule has 0 saturated carbocycles. The molecule has 3 heteroatoms. The summed E-state index contributed by atoms with van der Waals surface area (Å²) in [5.41, 5.74) is 5.19. The Morgan fingerprint density at radius 2 is 2.36 bits per heavy atom. The van der Waals surface area contributed by atoms with Crippen molar-refractivity contribution in [2.24, 2.45) is 5.73 Å². The average molecular weight is 156 g/mol. The number of hydrogen-bond donors (Lipinski definition) is 2. The van der Waals surface area contributed by atoms with Crippen LogP contribution in [0.1, 0.15) is 19.3 Å². The van der Waals surface area contributed by atoms with Crippen molar-refractivity contribution in [2.45, 2.75) is 19.3 Å². The smallest absolute Gasteiger partial charge is 0.223 e. The molecule has 64 valence electrons. The number of unbranched alkanes of at least 4 members (excludes halogenated alkanes) is 2. The molecule has 3 N–H and O–H groups in total. The fourth-order valence-electron chi connectivity index (χ4n) is 0.645. The zero-order chi connectivity index (χ0) is 8.53. The predicted molar refractivity (Wildman–Crippen MR) is 45.6 cm³/mol.